The van der Waals surface area contributed by atoms with E-state index >= 15 is 0 Å². The monoisotopic (exact) mass is 311 g/mol. The number of pyridine rings is 1. The molecule has 18 heavy (non-hydrogen) atoms. The third-order valence-electron chi connectivity index (χ3n) is 2.79. The average Bonchev–Trinajstić information content (AvgIpc) is 2.29. The van der Waals surface area contributed by atoms with E-state index in [1.54, 1.807) is 19.5 Å². The van der Waals surface area contributed by atoms with Gasteiger partial charge in [0.2, 0.25) is 0 Å². The summed E-state index contributed by atoms with van der Waals surface area (Å²) in [7, 11) is -2.18. The van der Waals surface area contributed by atoms with Crippen LogP contribution in [-0.2, 0) is 4.57 Å². The molecular weight excluding hydrogens is 292 g/mol. The predicted octanol–water partition coefficient (Wildman–Crippen LogP) is 1.58. The molecule has 2 rings (SSSR count). The standard InChI is InChI=1S/C11H18N3OP.2ClH/c1-16(2,15)10-3-4-13-11(9-10)14-7-5-12-6-8-14;;/h3-4,9,12H,5-8H2,1-2H3;2*1H. The van der Waals surface area contributed by atoms with E-state index in [-0.39, 0.29) is 24.8 Å². The lowest BCUT2D eigenvalue weighted by Crippen LogP contribution is -2.44. The summed E-state index contributed by atoms with van der Waals surface area (Å²) in [6.45, 7) is 7.50. The zero-order valence-corrected chi connectivity index (χ0v) is 13.2. The van der Waals surface area contributed by atoms with E-state index in [1.807, 2.05) is 12.1 Å². The summed E-state index contributed by atoms with van der Waals surface area (Å²) in [5, 5.41) is 4.22. The molecule has 4 nitrogen and oxygen atoms in total. The maximum Gasteiger partial charge on any atom is 0.129 e. The molecule has 1 aliphatic heterocycles. The van der Waals surface area contributed by atoms with Crippen molar-refractivity contribution in [3.8, 4) is 0 Å². The largest absolute Gasteiger partial charge is 0.354 e. The Bertz CT molecular complexity index is 419. The number of nitrogens with one attached hydrogen (secondary N) is 1. The Morgan fingerprint density at radius 2 is 1.89 bits per heavy atom. The highest BCUT2D eigenvalue weighted by Gasteiger charge is 2.15. The molecule has 0 radical (unpaired) electrons. The van der Waals surface area contributed by atoms with Gasteiger partial charge in [-0.2, -0.15) is 0 Å². The molecule has 0 unspecified atom stereocenters. The maximum atomic E-state index is 12.0. The van der Waals surface area contributed by atoms with Gasteiger partial charge in [0.25, 0.3) is 0 Å². The van der Waals surface area contributed by atoms with E-state index in [1.165, 1.54) is 0 Å². The number of halogens is 2. The van der Waals surface area contributed by atoms with Crippen LogP contribution >= 0.6 is 32.0 Å². The number of piperazine rings is 1. The Labute approximate surface area is 121 Å². The van der Waals surface area contributed by atoms with Crippen molar-refractivity contribution in [2.24, 2.45) is 0 Å². The highest BCUT2D eigenvalue weighted by molar-refractivity contribution is 7.70. The van der Waals surface area contributed by atoms with E-state index in [0.29, 0.717) is 0 Å². The molecule has 7 heteroatoms. The molecule has 0 amide bonds. The fraction of sp³-hybridized carbons (Fsp3) is 0.545. The molecule has 2 heterocycles. The van der Waals surface area contributed by atoms with E-state index in [9.17, 15) is 4.57 Å². The van der Waals surface area contributed by atoms with Crippen LogP contribution in [0.25, 0.3) is 0 Å². The number of anilines is 1. The van der Waals surface area contributed by atoms with Crippen molar-refractivity contribution in [3.63, 3.8) is 0 Å². The van der Waals surface area contributed by atoms with Gasteiger partial charge in [0.1, 0.15) is 13.0 Å². The molecule has 1 N–H and O–H groups in total. The molecule has 104 valence electrons. The van der Waals surface area contributed by atoms with E-state index in [0.717, 1.165) is 37.3 Å². The van der Waals surface area contributed by atoms with Gasteiger partial charge in [-0.15, -0.1) is 24.8 Å². The van der Waals surface area contributed by atoms with Crippen LogP contribution in [0.1, 0.15) is 0 Å². The van der Waals surface area contributed by atoms with Crippen LogP contribution in [0, 0.1) is 0 Å². The average molecular weight is 312 g/mol. The Kier molecular flexibility index (Phi) is 7.23. The molecule has 0 bridgehead atoms. The summed E-state index contributed by atoms with van der Waals surface area (Å²) < 4.78 is 12.0. The van der Waals surface area contributed by atoms with Gasteiger partial charge in [0.05, 0.1) is 0 Å². The summed E-state index contributed by atoms with van der Waals surface area (Å²) in [6.07, 6.45) is 1.76. The predicted molar refractivity (Wildman–Crippen MR) is 82.9 cm³/mol. The zero-order chi connectivity index (χ0) is 11.6. The van der Waals surface area contributed by atoms with Crippen molar-refractivity contribution < 1.29 is 4.57 Å². The minimum Gasteiger partial charge on any atom is -0.354 e. The number of rotatable bonds is 2. The molecular formula is C11H20Cl2N3OP. The summed E-state index contributed by atoms with van der Waals surface area (Å²) in [5.41, 5.74) is 0. The fourth-order valence-corrected chi connectivity index (χ4v) is 2.66. The number of hydrogen-bond acceptors (Lipinski definition) is 4. The first-order chi connectivity index (χ1) is 7.57. The lowest BCUT2D eigenvalue weighted by Gasteiger charge is -2.28. The molecule has 1 aromatic heterocycles. The summed E-state index contributed by atoms with van der Waals surface area (Å²) in [4.78, 5) is 6.59. The van der Waals surface area contributed by atoms with Gasteiger partial charge in [-0.3, -0.25) is 0 Å². The topological polar surface area (TPSA) is 45.2 Å². The molecule has 1 aromatic rings. The van der Waals surface area contributed by atoms with Gasteiger partial charge in [0, 0.05) is 37.7 Å². The first-order valence-electron chi connectivity index (χ1n) is 5.54. The second-order valence-electron chi connectivity index (χ2n) is 4.46. The van der Waals surface area contributed by atoms with Crippen LogP contribution in [0.15, 0.2) is 18.3 Å². The van der Waals surface area contributed by atoms with E-state index in [4.69, 9.17) is 0 Å². The Morgan fingerprint density at radius 3 is 2.44 bits per heavy atom. The molecule has 0 spiro atoms. The third-order valence-corrected chi connectivity index (χ3v) is 4.31. The van der Waals surface area contributed by atoms with Crippen LogP contribution in [0.5, 0.6) is 0 Å². The molecule has 1 saturated heterocycles. The molecule has 0 atom stereocenters. The molecule has 0 aliphatic carbocycles. The summed E-state index contributed by atoms with van der Waals surface area (Å²) in [6, 6.07) is 3.82. The maximum absolute atomic E-state index is 12.0. The van der Waals surface area contributed by atoms with Gasteiger partial charge in [-0.05, 0) is 25.5 Å². The summed E-state index contributed by atoms with van der Waals surface area (Å²) >= 11 is 0. The highest BCUT2D eigenvalue weighted by Crippen LogP contribution is 2.35. The normalized spacial score (nSPS) is 15.6. The van der Waals surface area contributed by atoms with Crippen LogP contribution in [-0.4, -0.2) is 44.5 Å². The fourth-order valence-electron chi connectivity index (χ4n) is 1.81. The molecule has 1 fully saturated rings. The smallest absolute Gasteiger partial charge is 0.129 e. The highest BCUT2D eigenvalue weighted by atomic mass is 35.5. The third kappa shape index (κ3) is 4.43. The van der Waals surface area contributed by atoms with Gasteiger partial charge in [-0.1, -0.05) is 0 Å². The van der Waals surface area contributed by atoms with Crippen LogP contribution in [0.3, 0.4) is 0 Å². The van der Waals surface area contributed by atoms with Crippen molar-refractivity contribution in [1.82, 2.24) is 10.3 Å². The number of hydrogen-bond donors (Lipinski definition) is 1. The quantitative estimate of drug-likeness (QED) is 0.842. The Hall–Kier alpha value is -0.280. The van der Waals surface area contributed by atoms with Crippen LogP contribution in [0.4, 0.5) is 5.82 Å². The number of aromatic nitrogens is 1. The van der Waals surface area contributed by atoms with Gasteiger partial charge in [0.15, 0.2) is 0 Å². The Balaban J connectivity index is 0.00000144. The lowest BCUT2D eigenvalue weighted by molar-refractivity contribution is 0.584. The van der Waals surface area contributed by atoms with Gasteiger partial charge in [-0.25, -0.2) is 4.98 Å². The van der Waals surface area contributed by atoms with E-state index < -0.39 is 7.14 Å². The van der Waals surface area contributed by atoms with Crippen molar-refractivity contribution in [2.75, 3.05) is 44.4 Å². The summed E-state index contributed by atoms with van der Waals surface area (Å²) in [5.74, 6) is 0.947. The first-order valence-corrected chi connectivity index (χ1v) is 8.15. The van der Waals surface area contributed by atoms with Gasteiger partial charge < -0.3 is 14.8 Å². The van der Waals surface area contributed by atoms with Crippen molar-refractivity contribution in [1.29, 1.82) is 0 Å². The van der Waals surface area contributed by atoms with E-state index in [2.05, 4.69) is 15.2 Å². The second-order valence-corrected chi connectivity index (χ2v) is 7.68. The van der Waals surface area contributed by atoms with Gasteiger partial charge >= 0.3 is 0 Å². The van der Waals surface area contributed by atoms with Crippen LogP contribution in [0.2, 0.25) is 0 Å². The minimum atomic E-state index is -2.18. The Morgan fingerprint density at radius 1 is 1.28 bits per heavy atom. The van der Waals surface area contributed by atoms with Crippen LogP contribution < -0.4 is 15.5 Å². The SMILES string of the molecule is CP(C)(=O)c1ccnc(N2CCNCC2)c1.Cl.Cl. The second kappa shape index (κ2) is 7.34. The van der Waals surface area contributed by atoms with Crippen molar-refractivity contribution in [2.45, 2.75) is 0 Å². The molecule has 1 aliphatic rings. The molecule has 0 saturated carbocycles. The van der Waals surface area contributed by atoms with Crippen molar-refractivity contribution >= 4 is 43.1 Å². The number of nitrogens with zero attached hydrogens (tertiary/aromatic N) is 2. The zero-order valence-electron chi connectivity index (χ0n) is 10.6. The first kappa shape index (κ1) is 17.7. The lowest BCUT2D eigenvalue weighted by atomic mass is 10.3. The minimum absolute atomic E-state index is 0. The van der Waals surface area contributed by atoms with Crippen molar-refractivity contribution in [3.05, 3.63) is 18.3 Å². The molecule has 0 aromatic carbocycles.